The minimum atomic E-state index is -0.142. The maximum Gasteiger partial charge on any atom is 0.170 e. The fraction of sp³-hybridized carbons (Fsp3) is 0.538. The molecule has 1 saturated heterocycles. The first-order valence-electron chi connectivity index (χ1n) is 6.04. The molecule has 2 heterocycles. The molecule has 1 aromatic rings. The van der Waals surface area contributed by atoms with Gasteiger partial charge in [-0.1, -0.05) is 12.1 Å². The monoisotopic (exact) mass is 221 g/mol. The number of hydrogen-bond donors (Lipinski definition) is 1. The Kier molecular flexibility index (Phi) is 2.56. The van der Waals surface area contributed by atoms with Gasteiger partial charge in [0.1, 0.15) is 0 Å². The summed E-state index contributed by atoms with van der Waals surface area (Å²) in [6, 6.07) is 4.12. The van der Waals surface area contributed by atoms with Crippen molar-refractivity contribution in [1.29, 1.82) is 0 Å². The largest absolute Gasteiger partial charge is 0.490 e. The lowest BCUT2D eigenvalue weighted by Gasteiger charge is -2.21. The summed E-state index contributed by atoms with van der Waals surface area (Å²) in [6.45, 7) is 1.63. The van der Waals surface area contributed by atoms with E-state index in [0.717, 1.165) is 43.4 Å². The highest BCUT2D eigenvalue weighted by atomic mass is 19.1. The van der Waals surface area contributed by atoms with Crippen molar-refractivity contribution in [3.63, 3.8) is 0 Å². The molecule has 86 valence electrons. The predicted octanol–water partition coefficient (Wildman–Crippen LogP) is 2.58. The highest BCUT2D eigenvalue weighted by molar-refractivity contribution is 5.42. The van der Waals surface area contributed by atoms with E-state index in [1.54, 1.807) is 0 Å². The number of benzene rings is 1. The fourth-order valence-electron chi connectivity index (χ4n) is 2.62. The molecule has 1 fully saturated rings. The van der Waals surface area contributed by atoms with E-state index in [1.165, 1.54) is 0 Å². The second kappa shape index (κ2) is 4.06. The van der Waals surface area contributed by atoms with Gasteiger partial charge in [0.25, 0.3) is 0 Å². The molecule has 2 nitrogen and oxygen atoms in total. The lowest BCUT2D eigenvalue weighted by Crippen LogP contribution is -2.17. The lowest BCUT2D eigenvalue weighted by molar-refractivity contribution is 0.271. The quantitative estimate of drug-likeness (QED) is 0.787. The van der Waals surface area contributed by atoms with Crippen LogP contribution in [0.5, 0.6) is 5.75 Å². The van der Waals surface area contributed by atoms with Crippen LogP contribution in [-0.4, -0.2) is 13.2 Å². The van der Waals surface area contributed by atoms with Crippen LogP contribution in [0.25, 0.3) is 0 Å². The maximum atomic E-state index is 14.2. The summed E-state index contributed by atoms with van der Waals surface area (Å²) < 4.78 is 19.7. The first-order valence-corrected chi connectivity index (χ1v) is 6.04. The Morgan fingerprint density at radius 1 is 1.31 bits per heavy atom. The van der Waals surface area contributed by atoms with Crippen LogP contribution in [0.1, 0.15) is 36.4 Å². The Balaban J connectivity index is 1.99. The third-order valence-corrected chi connectivity index (χ3v) is 3.48. The van der Waals surface area contributed by atoms with Gasteiger partial charge < -0.3 is 10.1 Å². The Morgan fingerprint density at radius 2 is 2.25 bits per heavy atom. The number of halogens is 1. The molecule has 3 rings (SSSR count). The van der Waals surface area contributed by atoms with E-state index in [9.17, 15) is 4.39 Å². The highest BCUT2D eigenvalue weighted by Gasteiger charge is 2.24. The average Bonchev–Trinajstić information content (AvgIpc) is 2.83. The molecule has 0 radical (unpaired) electrons. The van der Waals surface area contributed by atoms with Gasteiger partial charge in [0.2, 0.25) is 0 Å². The minimum absolute atomic E-state index is 0.142. The Bertz CT molecular complexity index is 399. The lowest BCUT2D eigenvalue weighted by atomic mass is 9.98. The predicted molar refractivity (Wildman–Crippen MR) is 60.2 cm³/mol. The summed E-state index contributed by atoms with van der Waals surface area (Å²) in [6.07, 6.45) is 4.08. The Labute approximate surface area is 94.8 Å². The van der Waals surface area contributed by atoms with Gasteiger partial charge in [-0.25, -0.2) is 4.39 Å². The molecule has 2 aliphatic heterocycles. The van der Waals surface area contributed by atoms with Crippen LogP contribution in [0.3, 0.4) is 0 Å². The third kappa shape index (κ3) is 1.59. The van der Waals surface area contributed by atoms with Crippen molar-refractivity contribution >= 4 is 0 Å². The zero-order chi connectivity index (χ0) is 11.0. The molecule has 0 spiro atoms. The smallest absolute Gasteiger partial charge is 0.170 e. The molecule has 2 aliphatic rings. The van der Waals surface area contributed by atoms with Crippen molar-refractivity contribution in [3.05, 3.63) is 29.1 Å². The van der Waals surface area contributed by atoms with Crippen LogP contribution in [-0.2, 0) is 6.42 Å². The van der Waals surface area contributed by atoms with Gasteiger partial charge in [-0.05, 0) is 37.8 Å². The van der Waals surface area contributed by atoms with Crippen molar-refractivity contribution < 1.29 is 9.13 Å². The number of rotatable bonds is 1. The molecular formula is C13H16FNO. The Hall–Kier alpha value is -1.09. The topological polar surface area (TPSA) is 21.3 Å². The van der Waals surface area contributed by atoms with Crippen LogP contribution in [0.15, 0.2) is 12.1 Å². The van der Waals surface area contributed by atoms with Gasteiger partial charge in [-0.3, -0.25) is 0 Å². The van der Waals surface area contributed by atoms with Crippen LogP contribution in [0.2, 0.25) is 0 Å². The van der Waals surface area contributed by atoms with Gasteiger partial charge in [0.15, 0.2) is 11.6 Å². The molecule has 1 atom stereocenters. The summed E-state index contributed by atoms with van der Waals surface area (Å²) in [5.74, 6) is 0.356. The minimum Gasteiger partial charge on any atom is -0.490 e. The van der Waals surface area contributed by atoms with Crippen molar-refractivity contribution in [2.75, 3.05) is 13.2 Å². The number of fused-ring (bicyclic) bond motifs is 1. The molecule has 0 saturated carbocycles. The van der Waals surface area contributed by atoms with Gasteiger partial charge >= 0.3 is 0 Å². The SMILES string of the molecule is Fc1c([C@@H]2CCCN2)ccc2c1OCCC2. The number of ether oxygens (including phenoxy) is 1. The molecule has 0 amide bonds. The van der Waals surface area contributed by atoms with Gasteiger partial charge in [-0.2, -0.15) is 0 Å². The Morgan fingerprint density at radius 3 is 3.06 bits per heavy atom. The fourth-order valence-corrected chi connectivity index (χ4v) is 2.62. The molecular weight excluding hydrogens is 205 g/mol. The molecule has 16 heavy (non-hydrogen) atoms. The highest BCUT2D eigenvalue weighted by Crippen LogP contribution is 2.34. The van der Waals surface area contributed by atoms with E-state index in [1.807, 2.05) is 12.1 Å². The summed E-state index contributed by atoms with van der Waals surface area (Å²) >= 11 is 0. The molecule has 0 bridgehead atoms. The van der Waals surface area contributed by atoms with E-state index in [4.69, 9.17) is 4.74 Å². The second-order valence-electron chi connectivity index (χ2n) is 4.56. The van der Waals surface area contributed by atoms with E-state index >= 15 is 0 Å². The number of hydrogen-bond acceptors (Lipinski definition) is 2. The van der Waals surface area contributed by atoms with E-state index in [0.29, 0.717) is 12.4 Å². The summed E-state index contributed by atoms with van der Waals surface area (Å²) in [5.41, 5.74) is 1.80. The average molecular weight is 221 g/mol. The summed E-state index contributed by atoms with van der Waals surface area (Å²) in [7, 11) is 0. The van der Waals surface area contributed by atoms with Crippen molar-refractivity contribution in [3.8, 4) is 5.75 Å². The van der Waals surface area contributed by atoms with Gasteiger partial charge in [0.05, 0.1) is 6.61 Å². The standard InChI is InChI=1S/C13H16FNO/c14-12-10(11-4-1-7-15-11)6-5-9-3-2-8-16-13(9)12/h5-6,11,15H,1-4,7-8H2/t11-/m0/s1. The molecule has 0 aromatic heterocycles. The number of aryl methyl sites for hydroxylation is 1. The summed E-state index contributed by atoms with van der Waals surface area (Å²) in [4.78, 5) is 0. The van der Waals surface area contributed by atoms with Crippen molar-refractivity contribution in [2.45, 2.75) is 31.7 Å². The first kappa shape index (κ1) is 10.1. The van der Waals surface area contributed by atoms with E-state index in [2.05, 4.69) is 5.32 Å². The van der Waals surface area contributed by atoms with Crippen LogP contribution < -0.4 is 10.1 Å². The maximum absolute atomic E-state index is 14.2. The third-order valence-electron chi connectivity index (χ3n) is 3.48. The molecule has 1 N–H and O–H groups in total. The van der Waals surface area contributed by atoms with Crippen LogP contribution >= 0.6 is 0 Å². The molecule has 0 unspecified atom stereocenters. The van der Waals surface area contributed by atoms with E-state index < -0.39 is 0 Å². The normalized spacial score (nSPS) is 23.9. The van der Waals surface area contributed by atoms with Crippen LogP contribution in [0.4, 0.5) is 4.39 Å². The van der Waals surface area contributed by atoms with Crippen molar-refractivity contribution in [2.24, 2.45) is 0 Å². The zero-order valence-electron chi connectivity index (χ0n) is 9.26. The van der Waals surface area contributed by atoms with Crippen LogP contribution in [0, 0.1) is 5.82 Å². The summed E-state index contributed by atoms with van der Waals surface area (Å²) in [5, 5.41) is 3.32. The zero-order valence-corrected chi connectivity index (χ0v) is 9.26. The molecule has 3 heteroatoms. The molecule has 1 aromatic carbocycles. The van der Waals surface area contributed by atoms with Gasteiger partial charge in [0, 0.05) is 11.6 Å². The first-order chi connectivity index (χ1) is 7.86. The van der Waals surface area contributed by atoms with Gasteiger partial charge in [-0.15, -0.1) is 0 Å². The van der Waals surface area contributed by atoms with Crippen molar-refractivity contribution in [1.82, 2.24) is 5.32 Å². The number of nitrogens with one attached hydrogen (secondary N) is 1. The van der Waals surface area contributed by atoms with E-state index in [-0.39, 0.29) is 11.9 Å². The molecule has 0 aliphatic carbocycles. The second-order valence-corrected chi connectivity index (χ2v) is 4.56.